The second-order valence-corrected chi connectivity index (χ2v) is 5.35. The van der Waals surface area contributed by atoms with Gasteiger partial charge in [-0.05, 0) is 31.2 Å². The standard InChI is InChI=1S/C19H22N2O5/c1-13-5-7-15(8-6-13)26-12-18(22)21-20-11-14-9-16(23-2)19(25-4)17(10-14)24-3/h5-11H,12H2,1-4H3,(H,21,22). The number of nitrogens with zero attached hydrogens (tertiary/aromatic N) is 1. The van der Waals surface area contributed by atoms with E-state index in [9.17, 15) is 4.79 Å². The van der Waals surface area contributed by atoms with Gasteiger partial charge in [-0.15, -0.1) is 0 Å². The fraction of sp³-hybridized carbons (Fsp3) is 0.263. The Morgan fingerprint density at radius 3 is 2.19 bits per heavy atom. The maximum atomic E-state index is 11.8. The summed E-state index contributed by atoms with van der Waals surface area (Å²) < 4.78 is 21.2. The Hall–Kier alpha value is -3.22. The normalized spacial score (nSPS) is 10.5. The number of amides is 1. The predicted molar refractivity (Wildman–Crippen MR) is 98.5 cm³/mol. The molecule has 0 aliphatic carbocycles. The van der Waals surface area contributed by atoms with Crippen LogP contribution in [0, 0.1) is 6.92 Å². The lowest BCUT2D eigenvalue weighted by atomic mass is 10.2. The highest BCUT2D eigenvalue weighted by Crippen LogP contribution is 2.37. The van der Waals surface area contributed by atoms with Crippen molar-refractivity contribution in [3.8, 4) is 23.0 Å². The summed E-state index contributed by atoms with van der Waals surface area (Å²) in [5.41, 5.74) is 4.21. The molecule has 2 rings (SSSR count). The molecule has 2 aromatic rings. The van der Waals surface area contributed by atoms with Gasteiger partial charge in [0.25, 0.3) is 5.91 Å². The molecule has 0 saturated heterocycles. The van der Waals surface area contributed by atoms with Gasteiger partial charge in [0.1, 0.15) is 5.75 Å². The summed E-state index contributed by atoms with van der Waals surface area (Å²) in [6.45, 7) is 1.85. The highest BCUT2D eigenvalue weighted by molar-refractivity contribution is 5.84. The van der Waals surface area contributed by atoms with Crippen LogP contribution in [0.25, 0.3) is 0 Å². The number of methoxy groups -OCH3 is 3. The number of rotatable bonds is 8. The van der Waals surface area contributed by atoms with Gasteiger partial charge in [0, 0.05) is 5.56 Å². The number of hydrogen-bond acceptors (Lipinski definition) is 6. The van der Waals surface area contributed by atoms with Crippen molar-refractivity contribution >= 4 is 12.1 Å². The Morgan fingerprint density at radius 2 is 1.65 bits per heavy atom. The van der Waals surface area contributed by atoms with Gasteiger partial charge in [-0.1, -0.05) is 17.7 Å². The third-order valence-corrected chi connectivity index (χ3v) is 3.48. The van der Waals surface area contributed by atoms with Gasteiger partial charge < -0.3 is 18.9 Å². The summed E-state index contributed by atoms with van der Waals surface area (Å²) in [5, 5.41) is 3.92. The van der Waals surface area contributed by atoms with Crippen LogP contribution in [0.2, 0.25) is 0 Å². The summed E-state index contributed by atoms with van der Waals surface area (Å²) >= 11 is 0. The average molecular weight is 358 g/mol. The zero-order valence-corrected chi connectivity index (χ0v) is 15.2. The van der Waals surface area contributed by atoms with Crippen LogP contribution in [0.1, 0.15) is 11.1 Å². The van der Waals surface area contributed by atoms with E-state index in [-0.39, 0.29) is 12.5 Å². The van der Waals surface area contributed by atoms with Crippen molar-refractivity contribution in [2.24, 2.45) is 5.10 Å². The lowest BCUT2D eigenvalue weighted by Gasteiger charge is -2.12. The number of aryl methyl sites for hydroxylation is 1. The smallest absolute Gasteiger partial charge is 0.277 e. The van der Waals surface area contributed by atoms with Crippen molar-refractivity contribution in [2.45, 2.75) is 6.92 Å². The SMILES string of the molecule is COc1cc(C=NNC(=O)COc2ccc(C)cc2)cc(OC)c1OC. The molecule has 7 nitrogen and oxygen atoms in total. The van der Waals surface area contributed by atoms with E-state index in [1.807, 2.05) is 31.2 Å². The molecule has 138 valence electrons. The van der Waals surface area contributed by atoms with E-state index < -0.39 is 0 Å². The highest BCUT2D eigenvalue weighted by atomic mass is 16.5. The first-order chi connectivity index (χ1) is 12.6. The lowest BCUT2D eigenvalue weighted by molar-refractivity contribution is -0.123. The summed E-state index contributed by atoms with van der Waals surface area (Å²) in [6.07, 6.45) is 1.48. The average Bonchev–Trinajstić information content (AvgIpc) is 2.66. The van der Waals surface area contributed by atoms with Crippen molar-refractivity contribution in [2.75, 3.05) is 27.9 Å². The van der Waals surface area contributed by atoms with Crippen LogP contribution in [0.4, 0.5) is 0 Å². The Kier molecular flexibility index (Phi) is 6.84. The molecule has 0 aliphatic rings. The second-order valence-electron chi connectivity index (χ2n) is 5.35. The van der Waals surface area contributed by atoms with E-state index in [0.29, 0.717) is 28.6 Å². The van der Waals surface area contributed by atoms with Gasteiger partial charge >= 0.3 is 0 Å². The predicted octanol–water partition coefficient (Wildman–Crippen LogP) is 2.55. The van der Waals surface area contributed by atoms with Crippen LogP contribution < -0.4 is 24.4 Å². The minimum Gasteiger partial charge on any atom is -0.493 e. The van der Waals surface area contributed by atoms with Crippen LogP contribution >= 0.6 is 0 Å². The molecule has 0 radical (unpaired) electrons. The van der Waals surface area contributed by atoms with Crippen molar-refractivity contribution in [3.63, 3.8) is 0 Å². The highest BCUT2D eigenvalue weighted by Gasteiger charge is 2.12. The van der Waals surface area contributed by atoms with E-state index in [1.54, 1.807) is 12.1 Å². The number of hydrazone groups is 1. The first-order valence-electron chi connectivity index (χ1n) is 7.88. The van der Waals surface area contributed by atoms with Crippen LogP contribution in [0.15, 0.2) is 41.5 Å². The molecule has 26 heavy (non-hydrogen) atoms. The molecule has 0 unspecified atom stereocenters. The Labute approximate surface area is 152 Å². The van der Waals surface area contributed by atoms with Crippen molar-refractivity contribution in [1.82, 2.24) is 5.43 Å². The summed E-state index contributed by atoms with van der Waals surface area (Å²) in [7, 11) is 4.59. The van der Waals surface area contributed by atoms with Crippen LogP contribution in [0.5, 0.6) is 23.0 Å². The van der Waals surface area contributed by atoms with Crippen LogP contribution in [0.3, 0.4) is 0 Å². The van der Waals surface area contributed by atoms with E-state index in [1.165, 1.54) is 27.5 Å². The topological polar surface area (TPSA) is 78.4 Å². The number of nitrogens with one attached hydrogen (secondary N) is 1. The summed E-state index contributed by atoms with van der Waals surface area (Å²) in [6, 6.07) is 10.9. The molecular weight excluding hydrogens is 336 g/mol. The molecule has 2 aromatic carbocycles. The van der Waals surface area contributed by atoms with E-state index in [0.717, 1.165) is 5.56 Å². The molecule has 7 heteroatoms. The molecule has 0 spiro atoms. The van der Waals surface area contributed by atoms with Crippen LogP contribution in [-0.4, -0.2) is 40.1 Å². The number of carbonyl (C=O) groups excluding carboxylic acids is 1. The third kappa shape index (κ3) is 5.14. The van der Waals surface area contributed by atoms with Gasteiger partial charge in [-0.2, -0.15) is 5.10 Å². The molecule has 0 bridgehead atoms. The summed E-state index contributed by atoms with van der Waals surface area (Å²) in [5.74, 6) is 1.75. The number of benzene rings is 2. The molecule has 1 N–H and O–H groups in total. The monoisotopic (exact) mass is 358 g/mol. The first-order valence-corrected chi connectivity index (χ1v) is 7.88. The van der Waals surface area contributed by atoms with Gasteiger partial charge in [-0.25, -0.2) is 5.43 Å². The Balaban J connectivity index is 1.94. The molecule has 0 heterocycles. The van der Waals surface area contributed by atoms with Crippen molar-refractivity contribution in [3.05, 3.63) is 47.5 Å². The number of carbonyl (C=O) groups is 1. The fourth-order valence-corrected chi connectivity index (χ4v) is 2.17. The Morgan fingerprint density at radius 1 is 1.04 bits per heavy atom. The first kappa shape index (κ1) is 19.1. The van der Waals surface area contributed by atoms with Crippen molar-refractivity contribution in [1.29, 1.82) is 0 Å². The maximum absolute atomic E-state index is 11.8. The van der Waals surface area contributed by atoms with Gasteiger partial charge in [-0.3, -0.25) is 4.79 Å². The summed E-state index contributed by atoms with van der Waals surface area (Å²) in [4.78, 5) is 11.8. The maximum Gasteiger partial charge on any atom is 0.277 e. The van der Waals surface area contributed by atoms with Crippen LogP contribution in [-0.2, 0) is 4.79 Å². The van der Waals surface area contributed by atoms with E-state index in [4.69, 9.17) is 18.9 Å². The third-order valence-electron chi connectivity index (χ3n) is 3.48. The minimum absolute atomic E-state index is 0.129. The molecule has 0 fully saturated rings. The zero-order valence-electron chi connectivity index (χ0n) is 15.2. The lowest BCUT2D eigenvalue weighted by Crippen LogP contribution is -2.24. The quantitative estimate of drug-likeness (QED) is 0.580. The zero-order chi connectivity index (χ0) is 18.9. The van der Waals surface area contributed by atoms with E-state index in [2.05, 4.69) is 10.5 Å². The second kappa shape index (κ2) is 9.31. The van der Waals surface area contributed by atoms with Gasteiger partial charge in [0.15, 0.2) is 18.1 Å². The Bertz CT molecular complexity index is 747. The van der Waals surface area contributed by atoms with Gasteiger partial charge in [0.2, 0.25) is 5.75 Å². The van der Waals surface area contributed by atoms with Gasteiger partial charge in [0.05, 0.1) is 27.5 Å². The molecule has 0 aliphatic heterocycles. The molecular formula is C19H22N2O5. The molecule has 0 saturated carbocycles. The van der Waals surface area contributed by atoms with Crippen molar-refractivity contribution < 1.29 is 23.7 Å². The molecule has 1 amide bonds. The molecule has 0 atom stereocenters. The number of hydrogen-bond donors (Lipinski definition) is 1. The fourth-order valence-electron chi connectivity index (χ4n) is 2.17. The van der Waals surface area contributed by atoms with E-state index >= 15 is 0 Å². The number of ether oxygens (including phenoxy) is 4. The largest absolute Gasteiger partial charge is 0.493 e. The molecule has 0 aromatic heterocycles. The minimum atomic E-state index is -0.366.